The maximum atomic E-state index is 11.0. The first-order valence-electron chi connectivity index (χ1n) is 5.69. The molecule has 2 N–H and O–H groups in total. The first-order valence-corrected chi connectivity index (χ1v) is 7.80. The molecular weight excluding hydrogens is 286 g/mol. The Bertz CT molecular complexity index is 601. The minimum atomic E-state index is -0.814. The van der Waals surface area contributed by atoms with Crippen molar-refractivity contribution in [2.45, 2.75) is 13.0 Å². The number of benzene rings is 1. The summed E-state index contributed by atoms with van der Waals surface area (Å²) in [7, 11) is -0.814. The van der Waals surface area contributed by atoms with Gasteiger partial charge in [0.2, 0.25) is 0 Å². The number of aromatic nitrogens is 4. The number of anilines is 1. The van der Waals surface area contributed by atoms with Crippen LogP contribution in [-0.4, -0.2) is 36.4 Å². The maximum absolute atomic E-state index is 11.0. The van der Waals surface area contributed by atoms with Crippen LogP contribution in [0, 0.1) is 0 Å². The van der Waals surface area contributed by atoms with Crippen LogP contribution in [-0.2, 0) is 17.3 Å². The lowest BCUT2D eigenvalue weighted by atomic mass is 10.1. The summed E-state index contributed by atoms with van der Waals surface area (Å²) in [4.78, 5) is 0. The predicted molar refractivity (Wildman–Crippen MR) is 76.2 cm³/mol. The molecule has 0 aliphatic carbocycles. The second kappa shape index (κ2) is 6.12. The van der Waals surface area contributed by atoms with E-state index in [1.807, 2.05) is 0 Å². The van der Waals surface area contributed by atoms with E-state index in [9.17, 15) is 4.21 Å². The molecule has 1 aromatic heterocycles. The van der Waals surface area contributed by atoms with Gasteiger partial charge in [0.05, 0.1) is 0 Å². The van der Waals surface area contributed by atoms with Crippen molar-refractivity contribution in [3.05, 3.63) is 23.2 Å². The van der Waals surface area contributed by atoms with Gasteiger partial charge in [-0.2, -0.15) is 0 Å². The molecular formula is C11H14ClN5OS. The Morgan fingerprint density at radius 1 is 1.47 bits per heavy atom. The first-order chi connectivity index (χ1) is 9.08. The van der Waals surface area contributed by atoms with Crippen molar-refractivity contribution in [1.82, 2.24) is 20.2 Å². The van der Waals surface area contributed by atoms with E-state index in [1.165, 1.54) is 0 Å². The Hall–Kier alpha value is -1.47. The van der Waals surface area contributed by atoms with Gasteiger partial charge in [0, 0.05) is 45.6 Å². The van der Waals surface area contributed by atoms with Gasteiger partial charge in [-0.1, -0.05) is 11.6 Å². The van der Waals surface area contributed by atoms with E-state index >= 15 is 0 Å². The van der Waals surface area contributed by atoms with Crippen LogP contribution < -0.4 is 5.73 Å². The Morgan fingerprint density at radius 3 is 3.00 bits per heavy atom. The second-order valence-corrected chi connectivity index (χ2v) is 6.08. The molecule has 1 aromatic carbocycles. The van der Waals surface area contributed by atoms with Crippen molar-refractivity contribution in [3.63, 3.8) is 0 Å². The molecule has 0 saturated carbocycles. The van der Waals surface area contributed by atoms with Crippen molar-refractivity contribution >= 4 is 28.1 Å². The zero-order valence-electron chi connectivity index (χ0n) is 10.4. The van der Waals surface area contributed by atoms with Crippen LogP contribution in [0.2, 0.25) is 5.02 Å². The normalized spacial score (nSPS) is 12.5. The van der Waals surface area contributed by atoms with Crippen LogP contribution in [0.4, 0.5) is 5.69 Å². The number of hydrogen-bond donors (Lipinski definition) is 1. The molecule has 0 fully saturated rings. The molecule has 0 saturated heterocycles. The van der Waals surface area contributed by atoms with E-state index in [0.717, 1.165) is 6.42 Å². The fourth-order valence-electron chi connectivity index (χ4n) is 1.69. The summed E-state index contributed by atoms with van der Waals surface area (Å²) in [6.45, 7) is 0.591. The molecule has 1 heterocycles. The molecule has 8 heteroatoms. The molecule has 0 bridgehead atoms. The van der Waals surface area contributed by atoms with Crippen LogP contribution in [0.1, 0.15) is 6.42 Å². The number of nitrogens with two attached hydrogens (primary N) is 1. The number of halogens is 1. The highest BCUT2D eigenvalue weighted by molar-refractivity contribution is 7.84. The lowest BCUT2D eigenvalue weighted by Gasteiger charge is -2.07. The summed E-state index contributed by atoms with van der Waals surface area (Å²) in [6.07, 6.45) is 2.41. The standard InChI is InChI=1S/C11H14ClN5OS/c1-19(18)6-2-5-17-11(14-15-16-17)9-7-8(12)3-4-10(9)13/h3-4,7H,2,5-6,13H2,1H3. The number of aryl methyl sites for hydroxylation is 1. The van der Waals surface area contributed by atoms with Crippen LogP contribution in [0.5, 0.6) is 0 Å². The zero-order valence-corrected chi connectivity index (χ0v) is 12.0. The van der Waals surface area contributed by atoms with Crippen molar-refractivity contribution < 1.29 is 4.21 Å². The van der Waals surface area contributed by atoms with E-state index in [4.69, 9.17) is 17.3 Å². The molecule has 0 spiro atoms. The number of nitrogen functional groups attached to an aromatic ring is 1. The third-order valence-corrected chi connectivity index (χ3v) is 3.69. The molecule has 0 aliphatic rings. The van der Waals surface area contributed by atoms with Gasteiger partial charge in [0.1, 0.15) is 0 Å². The van der Waals surface area contributed by atoms with Crippen molar-refractivity contribution in [2.24, 2.45) is 0 Å². The third-order valence-electron chi connectivity index (χ3n) is 2.59. The van der Waals surface area contributed by atoms with Gasteiger partial charge in [0.15, 0.2) is 5.82 Å². The summed E-state index contributed by atoms with van der Waals surface area (Å²) < 4.78 is 12.7. The summed E-state index contributed by atoms with van der Waals surface area (Å²) >= 11 is 5.96. The van der Waals surface area contributed by atoms with E-state index in [2.05, 4.69) is 15.5 Å². The molecule has 2 aromatic rings. The monoisotopic (exact) mass is 299 g/mol. The quantitative estimate of drug-likeness (QED) is 0.842. The highest BCUT2D eigenvalue weighted by Crippen LogP contribution is 2.26. The molecule has 6 nitrogen and oxygen atoms in total. The van der Waals surface area contributed by atoms with Gasteiger partial charge in [-0.15, -0.1) is 5.10 Å². The summed E-state index contributed by atoms with van der Waals surface area (Å²) in [5, 5.41) is 12.1. The van der Waals surface area contributed by atoms with E-state index in [1.54, 1.807) is 29.1 Å². The van der Waals surface area contributed by atoms with Crippen LogP contribution in [0.3, 0.4) is 0 Å². The molecule has 0 radical (unpaired) electrons. The average Bonchev–Trinajstić information content (AvgIpc) is 2.80. The average molecular weight is 300 g/mol. The fourth-order valence-corrected chi connectivity index (χ4v) is 2.40. The smallest absolute Gasteiger partial charge is 0.184 e. The van der Waals surface area contributed by atoms with Gasteiger partial charge < -0.3 is 5.73 Å². The molecule has 102 valence electrons. The SMILES string of the molecule is CS(=O)CCCn1nnnc1-c1cc(Cl)ccc1N. The fraction of sp³-hybridized carbons (Fsp3) is 0.364. The zero-order chi connectivity index (χ0) is 13.8. The topological polar surface area (TPSA) is 86.7 Å². The Kier molecular flexibility index (Phi) is 4.49. The van der Waals surface area contributed by atoms with Crippen molar-refractivity contribution in [1.29, 1.82) is 0 Å². The molecule has 0 amide bonds. The largest absolute Gasteiger partial charge is 0.398 e. The Morgan fingerprint density at radius 2 is 2.26 bits per heavy atom. The lowest BCUT2D eigenvalue weighted by Crippen LogP contribution is -2.07. The van der Waals surface area contributed by atoms with E-state index in [-0.39, 0.29) is 0 Å². The Labute approximate surface area is 118 Å². The van der Waals surface area contributed by atoms with Crippen molar-refractivity contribution in [3.8, 4) is 11.4 Å². The lowest BCUT2D eigenvalue weighted by molar-refractivity contribution is 0.583. The van der Waals surface area contributed by atoms with Crippen LogP contribution in [0.15, 0.2) is 18.2 Å². The van der Waals surface area contributed by atoms with Crippen molar-refractivity contribution in [2.75, 3.05) is 17.7 Å². The minimum Gasteiger partial charge on any atom is -0.398 e. The van der Waals surface area contributed by atoms with Crippen LogP contribution in [0.25, 0.3) is 11.4 Å². The number of hydrogen-bond acceptors (Lipinski definition) is 5. The minimum absolute atomic E-state index is 0.569. The second-order valence-electron chi connectivity index (χ2n) is 4.09. The van der Waals surface area contributed by atoms with Gasteiger partial charge >= 0.3 is 0 Å². The summed E-state index contributed by atoms with van der Waals surface area (Å²) in [5.41, 5.74) is 7.18. The molecule has 1 atom stereocenters. The molecule has 0 aliphatic heterocycles. The Balaban J connectivity index is 2.23. The maximum Gasteiger partial charge on any atom is 0.184 e. The molecule has 1 unspecified atom stereocenters. The van der Waals surface area contributed by atoms with Gasteiger partial charge in [-0.05, 0) is 35.0 Å². The van der Waals surface area contributed by atoms with Gasteiger partial charge in [-0.25, -0.2) is 4.68 Å². The highest BCUT2D eigenvalue weighted by Gasteiger charge is 2.12. The molecule has 2 rings (SSSR count). The first kappa shape index (κ1) is 14.0. The number of tetrazole rings is 1. The number of nitrogens with zero attached hydrogens (tertiary/aromatic N) is 4. The van der Waals surface area contributed by atoms with Gasteiger partial charge in [0.25, 0.3) is 0 Å². The number of rotatable bonds is 5. The third kappa shape index (κ3) is 3.51. The van der Waals surface area contributed by atoms with E-state index in [0.29, 0.717) is 34.4 Å². The highest BCUT2D eigenvalue weighted by atomic mass is 35.5. The predicted octanol–water partition coefficient (Wildman–Crippen LogP) is 1.34. The van der Waals surface area contributed by atoms with E-state index < -0.39 is 10.8 Å². The summed E-state index contributed by atoms with van der Waals surface area (Å²) in [6, 6.07) is 5.17. The summed E-state index contributed by atoms with van der Waals surface area (Å²) in [5.74, 6) is 1.19. The van der Waals surface area contributed by atoms with Crippen LogP contribution >= 0.6 is 11.6 Å². The molecule has 19 heavy (non-hydrogen) atoms. The van der Waals surface area contributed by atoms with Gasteiger partial charge in [-0.3, -0.25) is 4.21 Å².